The number of nitrogens with zero attached hydrogens (tertiary/aromatic N) is 2. The molecule has 0 spiro atoms. The van der Waals surface area contributed by atoms with Gasteiger partial charge in [0.15, 0.2) is 5.96 Å². The number of anilines is 1. The van der Waals surface area contributed by atoms with Crippen LogP contribution < -0.4 is 11.1 Å². The van der Waals surface area contributed by atoms with Crippen molar-refractivity contribution < 1.29 is 0 Å². The van der Waals surface area contributed by atoms with Gasteiger partial charge in [0, 0.05) is 17.8 Å². The van der Waals surface area contributed by atoms with Crippen LogP contribution in [0, 0.1) is 6.92 Å². The molecule has 1 aliphatic rings. The van der Waals surface area contributed by atoms with E-state index in [0.717, 1.165) is 18.3 Å². The smallest absolute Gasteiger partial charge is 0.193 e. The summed E-state index contributed by atoms with van der Waals surface area (Å²) in [6.07, 6.45) is 2.64. The molecule has 1 atom stereocenters. The fraction of sp³-hybridized carbons (Fsp3) is 0.533. The van der Waals surface area contributed by atoms with Crippen molar-refractivity contribution in [1.29, 1.82) is 0 Å². The van der Waals surface area contributed by atoms with Gasteiger partial charge in [-0.1, -0.05) is 17.7 Å². The number of rotatable bonds is 5. The molecule has 0 aliphatic heterocycles. The highest BCUT2D eigenvalue weighted by atomic mass is 127. The number of hydrogen-bond donors (Lipinski definition) is 2. The second-order valence-electron chi connectivity index (χ2n) is 5.46. The predicted molar refractivity (Wildman–Crippen MR) is 97.0 cm³/mol. The fourth-order valence-electron chi connectivity index (χ4n) is 2.03. The molecule has 1 aliphatic carbocycles. The maximum Gasteiger partial charge on any atom is 0.193 e. The Morgan fingerprint density at radius 1 is 1.40 bits per heavy atom. The number of hydrogen-bond acceptors (Lipinski definition) is 2. The van der Waals surface area contributed by atoms with Crippen molar-refractivity contribution in [2.45, 2.75) is 38.8 Å². The minimum Gasteiger partial charge on any atom is -0.370 e. The Bertz CT molecular complexity index is 440. The van der Waals surface area contributed by atoms with Gasteiger partial charge in [-0.25, -0.2) is 0 Å². The molecule has 0 bridgehead atoms. The summed E-state index contributed by atoms with van der Waals surface area (Å²) >= 11 is 0. The van der Waals surface area contributed by atoms with E-state index in [0.29, 0.717) is 12.0 Å². The number of likely N-dealkylation sites (N-methyl/N-ethyl adjacent to an activating group) is 1. The highest BCUT2D eigenvalue weighted by molar-refractivity contribution is 14.0. The molecular formula is C15H25IN4. The lowest BCUT2D eigenvalue weighted by Gasteiger charge is -2.22. The molecule has 0 heterocycles. The zero-order valence-electron chi connectivity index (χ0n) is 12.5. The summed E-state index contributed by atoms with van der Waals surface area (Å²) in [5.41, 5.74) is 8.12. The average molecular weight is 388 g/mol. The first-order valence-electron chi connectivity index (χ1n) is 6.92. The molecule has 1 aromatic carbocycles. The second-order valence-corrected chi connectivity index (χ2v) is 5.46. The van der Waals surface area contributed by atoms with Crippen LogP contribution in [-0.4, -0.2) is 36.5 Å². The van der Waals surface area contributed by atoms with Gasteiger partial charge >= 0.3 is 0 Å². The number of halogens is 1. The molecule has 3 N–H and O–H groups in total. The van der Waals surface area contributed by atoms with Crippen molar-refractivity contribution in [3.05, 3.63) is 29.8 Å². The molecule has 112 valence electrons. The number of benzene rings is 1. The maximum atomic E-state index is 5.90. The molecule has 1 saturated carbocycles. The van der Waals surface area contributed by atoms with Crippen molar-refractivity contribution >= 4 is 35.6 Å². The van der Waals surface area contributed by atoms with Crippen LogP contribution in [0.15, 0.2) is 29.3 Å². The van der Waals surface area contributed by atoms with Gasteiger partial charge in [-0.15, -0.1) is 24.0 Å². The lowest BCUT2D eigenvalue weighted by Crippen LogP contribution is -2.34. The van der Waals surface area contributed by atoms with Gasteiger partial charge in [0.25, 0.3) is 0 Å². The van der Waals surface area contributed by atoms with Crippen LogP contribution in [0.1, 0.15) is 25.3 Å². The van der Waals surface area contributed by atoms with Gasteiger partial charge in [-0.05, 0) is 45.9 Å². The molecular weight excluding hydrogens is 363 g/mol. The van der Waals surface area contributed by atoms with Crippen molar-refractivity contribution in [2.24, 2.45) is 10.7 Å². The van der Waals surface area contributed by atoms with E-state index in [2.05, 4.69) is 48.2 Å². The predicted octanol–water partition coefficient (Wildman–Crippen LogP) is 2.82. The summed E-state index contributed by atoms with van der Waals surface area (Å²) in [4.78, 5) is 6.81. The molecule has 1 unspecified atom stereocenters. The quantitative estimate of drug-likeness (QED) is 0.464. The normalized spacial score (nSPS) is 16.7. The Morgan fingerprint density at radius 3 is 2.55 bits per heavy atom. The third-order valence-electron chi connectivity index (χ3n) is 3.67. The monoisotopic (exact) mass is 388 g/mol. The van der Waals surface area contributed by atoms with Gasteiger partial charge in [-0.3, -0.25) is 9.89 Å². The summed E-state index contributed by atoms with van der Waals surface area (Å²) in [5, 5.41) is 3.12. The van der Waals surface area contributed by atoms with E-state index in [-0.39, 0.29) is 24.0 Å². The van der Waals surface area contributed by atoms with Crippen LogP contribution in [0.2, 0.25) is 0 Å². The molecule has 1 fully saturated rings. The lowest BCUT2D eigenvalue weighted by atomic mass is 10.2. The standard InChI is InChI=1S/C15H24N4.HI/c1-11-4-6-13(7-5-11)18-15(16)17-10-12(2)19(3)14-8-9-14;/h4-7,12,14H,8-10H2,1-3H3,(H3,16,17,18);1H. The third kappa shape index (κ3) is 5.28. The molecule has 0 radical (unpaired) electrons. The lowest BCUT2D eigenvalue weighted by molar-refractivity contribution is 0.253. The van der Waals surface area contributed by atoms with Crippen molar-refractivity contribution in [1.82, 2.24) is 4.90 Å². The van der Waals surface area contributed by atoms with E-state index in [1.807, 2.05) is 12.1 Å². The number of nitrogens with one attached hydrogen (secondary N) is 1. The third-order valence-corrected chi connectivity index (χ3v) is 3.67. The van der Waals surface area contributed by atoms with Crippen LogP contribution in [0.3, 0.4) is 0 Å². The fourth-order valence-corrected chi connectivity index (χ4v) is 2.03. The van der Waals surface area contributed by atoms with Gasteiger partial charge in [-0.2, -0.15) is 0 Å². The topological polar surface area (TPSA) is 53.6 Å². The van der Waals surface area contributed by atoms with Crippen LogP contribution in [0.5, 0.6) is 0 Å². The van der Waals surface area contributed by atoms with Crippen molar-refractivity contribution in [3.8, 4) is 0 Å². The first-order chi connectivity index (χ1) is 9.06. The highest BCUT2D eigenvalue weighted by Gasteiger charge is 2.28. The Morgan fingerprint density at radius 2 is 2.00 bits per heavy atom. The summed E-state index contributed by atoms with van der Waals surface area (Å²) in [6.45, 7) is 5.00. The zero-order chi connectivity index (χ0) is 13.8. The van der Waals surface area contributed by atoms with Crippen molar-refractivity contribution in [3.63, 3.8) is 0 Å². The molecule has 5 heteroatoms. The second kappa shape index (κ2) is 7.83. The van der Waals surface area contributed by atoms with E-state index in [4.69, 9.17) is 5.73 Å². The highest BCUT2D eigenvalue weighted by Crippen LogP contribution is 2.26. The van der Waals surface area contributed by atoms with Gasteiger partial charge in [0.05, 0.1) is 6.54 Å². The summed E-state index contributed by atoms with van der Waals surface area (Å²) in [5.74, 6) is 0.486. The van der Waals surface area contributed by atoms with Crippen molar-refractivity contribution in [2.75, 3.05) is 18.9 Å². The molecule has 0 aromatic heterocycles. The SMILES string of the molecule is Cc1ccc(NC(N)=NCC(C)N(C)C2CC2)cc1.I. The number of nitrogens with two attached hydrogens (primary N) is 1. The summed E-state index contributed by atoms with van der Waals surface area (Å²) in [7, 11) is 2.17. The Balaban J connectivity index is 0.00000200. The summed E-state index contributed by atoms with van der Waals surface area (Å²) in [6, 6.07) is 9.33. The van der Waals surface area contributed by atoms with Crippen LogP contribution in [0.4, 0.5) is 5.69 Å². The largest absolute Gasteiger partial charge is 0.370 e. The van der Waals surface area contributed by atoms with E-state index >= 15 is 0 Å². The molecule has 1 aromatic rings. The number of aryl methyl sites for hydroxylation is 1. The molecule has 0 amide bonds. The van der Waals surface area contributed by atoms with E-state index in [1.165, 1.54) is 18.4 Å². The first kappa shape index (κ1) is 17.2. The number of guanidine groups is 1. The van der Waals surface area contributed by atoms with E-state index < -0.39 is 0 Å². The Hall–Kier alpha value is -0.820. The van der Waals surface area contributed by atoms with E-state index in [1.54, 1.807) is 0 Å². The molecule has 4 nitrogen and oxygen atoms in total. The van der Waals surface area contributed by atoms with Crippen LogP contribution in [-0.2, 0) is 0 Å². The Labute approximate surface area is 138 Å². The average Bonchev–Trinajstić information content (AvgIpc) is 3.22. The molecule has 0 saturated heterocycles. The van der Waals surface area contributed by atoms with Crippen LogP contribution in [0.25, 0.3) is 0 Å². The maximum absolute atomic E-state index is 5.90. The number of aliphatic imine (C=N–C) groups is 1. The molecule has 2 rings (SSSR count). The van der Waals surface area contributed by atoms with Crippen LogP contribution >= 0.6 is 24.0 Å². The van der Waals surface area contributed by atoms with Gasteiger partial charge < -0.3 is 11.1 Å². The van der Waals surface area contributed by atoms with Gasteiger partial charge in [0.2, 0.25) is 0 Å². The minimum absolute atomic E-state index is 0. The molecule has 20 heavy (non-hydrogen) atoms. The summed E-state index contributed by atoms with van der Waals surface area (Å²) < 4.78 is 0. The van der Waals surface area contributed by atoms with Gasteiger partial charge in [0.1, 0.15) is 0 Å². The van der Waals surface area contributed by atoms with E-state index in [9.17, 15) is 0 Å². The Kier molecular flexibility index (Phi) is 6.75. The first-order valence-corrected chi connectivity index (χ1v) is 6.92. The zero-order valence-corrected chi connectivity index (χ0v) is 14.8. The minimum atomic E-state index is 0.